The Morgan fingerprint density at radius 2 is 1.94 bits per heavy atom. The van der Waals surface area contributed by atoms with Crippen molar-refractivity contribution in [2.45, 2.75) is 71.4 Å². The molecule has 2 nitrogen and oxygen atoms in total. The van der Waals surface area contributed by atoms with Crippen molar-refractivity contribution in [2.75, 3.05) is 13.1 Å². The highest BCUT2D eigenvalue weighted by Crippen LogP contribution is 2.40. The molecule has 1 aliphatic heterocycles. The highest BCUT2D eigenvalue weighted by atomic mass is 15.2. The Morgan fingerprint density at radius 3 is 2.53 bits per heavy atom. The van der Waals surface area contributed by atoms with Gasteiger partial charge in [0.05, 0.1) is 0 Å². The summed E-state index contributed by atoms with van der Waals surface area (Å²) in [5.74, 6) is 0.873. The van der Waals surface area contributed by atoms with Crippen LogP contribution in [0.1, 0.15) is 59.3 Å². The second-order valence-corrected chi connectivity index (χ2v) is 6.58. The lowest BCUT2D eigenvalue weighted by molar-refractivity contribution is 0.122. The van der Waals surface area contributed by atoms with Gasteiger partial charge in [0.15, 0.2) is 0 Å². The average molecular weight is 238 g/mol. The molecule has 1 saturated carbocycles. The van der Waals surface area contributed by atoms with Gasteiger partial charge in [-0.15, -0.1) is 0 Å². The Labute approximate surface area is 107 Å². The summed E-state index contributed by atoms with van der Waals surface area (Å²) in [4.78, 5) is 2.72. The van der Waals surface area contributed by atoms with Crippen molar-refractivity contribution >= 4 is 0 Å². The molecule has 2 rings (SSSR count). The Morgan fingerprint density at radius 1 is 1.24 bits per heavy atom. The lowest BCUT2D eigenvalue weighted by atomic mass is 9.81. The third-order valence-corrected chi connectivity index (χ3v) is 5.57. The van der Waals surface area contributed by atoms with Gasteiger partial charge >= 0.3 is 0 Å². The van der Waals surface area contributed by atoms with Gasteiger partial charge in [-0.3, -0.25) is 4.90 Å². The van der Waals surface area contributed by atoms with Crippen molar-refractivity contribution in [1.82, 2.24) is 4.90 Å². The predicted molar refractivity (Wildman–Crippen MR) is 74.0 cm³/mol. The van der Waals surface area contributed by atoms with E-state index in [1.807, 2.05) is 0 Å². The van der Waals surface area contributed by atoms with Gasteiger partial charge in [0.25, 0.3) is 0 Å². The van der Waals surface area contributed by atoms with Crippen LogP contribution < -0.4 is 5.73 Å². The lowest BCUT2D eigenvalue weighted by Crippen LogP contribution is -2.50. The Kier molecular flexibility index (Phi) is 4.14. The molecule has 1 aliphatic carbocycles. The van der Waals surface area contributed by atoms with Crippen LogP contribution in [0.3, 0.4) is 0 Å². The van der Waals surface area contributed by atoms with E-state index >= 15 is 0 Å². The maximum Gasteiger partial charge on any atom is 0.0249 e. The van der Waals surface area contributed by atoms with E-state index < -0.39 is 0 Å². The molecule has 0 aromatic rings. The van der Waals surface area contributed by atoms with Gasteiger partial charge < -0.3 is 5.73 Å². The first kappa shape index (κ1) is 13.4. The molecule has 2 aliphatic rings. The predicted octanol–water partition coefficient (Wildman–Crippen LogP) is 3.01. The van der Waals surface area contributed by atoms with Crippen molar-refractivity contribution in [1.29, 1.82) is 0 Å². The summed E-state index contributed by atoms with van der Waals surface area (Å²) in [7, 11) is 0. The first-order valence-electron chi connectivity index (χ1n) is 7.60. The fourth-order valence-electron chi connectivity index (χ4n) is 3.87. The molecule has 3 unspecified atom stereocenters. The van der Waals surface area contributed by atoms with E-state index in [0.29, 0.717) is 17.5 Å². The quantitative estimate of drug-likeness (QED) is 0.819. The van der Waals surface area contributed by atoms with E-state index in [-0.39, 0.29) is 0 Å². The molecule has 0 bridgehead atoms. The van der Waals surface area contributed by atoms with Crippen LogP contribution in [0.5, 0.6) is 0 Å². The van der Waals surface area contributed by atoms with Crippen molar-refractivity contribution < 1.29 is 0 Å². The van der Waals surface area contributed by atoms with Crippen molar-refractivity contribution in [3.05, 3.63) is 0 Å². The summed E-state index contributed by atoms with van der Waals surface area (Å²) >= 11 is 0. The number of hydrogen-bond donors (Lipinski definition) is 1. The minimum absolute atomic E-state index is 0.427. The Hall–Kier alpha value is -0.0800. The van der Waals surface area contributed by atoms with Crippen LogP contribution in [0.25, 0.3) is 0 Å². The largest absolute Gasteiger partial charge is 0.326 e. The minimum Gasteiger partial charge on any atom is -0.326 e. The van der Waals surface area contributed by atoms with E-state index in [2.05, 4.69) is 25.7 Å². The molecule has 2 fully saturated rings. The third kappa shape index (κ3) is 2.68. The molecule has 0 radical (unpaired) electrons. The first-order valence-corrected chi connectivity index (χ1v) is 7.60. The summed E-state index contributed by atoms with van der Waals surface area (Å²) in [5.41, 5.74) is 6.95. The minimum atomic E-state index is 0.427. The molecule has 17 heavy (non-hydrogen) atoms. The van der Waals surface area contributed by atoms with Crippen LogP contribution in [-0.2, 0) is 0 Å². The Bertz CT molecular complexity index is 247. The summed E-state index contributed by atoms with van der Waals surface area (Å²) in [6.07, 6.45) is 7.93. The van der Waals surface area contributed by atoms with E-state index in [4.69, 9.17) is 5.73 Å². The molecule has 0 spiro atoms. The van der Waals surface area contributed by atoms with Crippen molar-refractivity contribution in [2.24, 2.45) is 17.1 Å². The maximum atomic E-state index is 6.35. The number of hydrogen-bond acceptors (Lipinski definition) is 2. The summed E-state index contributed by atoms with van der Waals surface area (Å²) in [6, 6.07) is 1.09. The normalized spacial score (nSPS) is 38.5. The lowest BCUT2D eigenvalue weighted by Gasteiger charge is -2.39. The zero-order valence-corrected chi connectivity index (χ0v) is 11.9. The third-order valence-electron chi connectivity index (χ3n) is 5.57. The molecule has 3 atom stereocenters. The topological polar surface area (TPSA) is 29.3 Å². The summed E-state index contributed by atoms with van der Waals surface area (Å²) < 4.78 is 0. The smallest absolute Gasteiger partial charge is 0.0249 e. The number of rotatable bonds is 3. The van der Waals surface area contributed by atoms with Gasteiger partial charge in [-0.05, 0) is 56.4 Å². The second-order valence-electron chi connectivity index (χ2n) is 6.58. The molecule has 1 saturated heterocycles. The van der Waals surface area contributed by atoms with Crippen molar-refractivity contribution in [3.8, 4) is 0 Å². The zero-order valence-electron chi connectivity index (χ0n) is 11.9. The van der Waals surface area contributed by atoms with E-state index in [1.165, 1.54) is 51.6 Å². The Balaban J connectivity index is 1.99. The molecular formula is C15H30N2. The summed E-state index contributed by atoms with van der Waals surface area (Å²) in [5, 5.41) is 0. The van der Waals surface area contributed by atoms with Crippen LogP contribution >= 0.6 is 0 Å². The number of nitrogens with zero attached hydrogens (tertiary/aromatic N) is 1. The highest BCUT2D eigenvalue weighted by molar-refractivity contribution is 4.96. The highest BCUT2D eigenvalue weighted by Gasteiger charge is 2.40. The van der Waals surface area contributed by atoms with E-state index in [9.17, 15) is 0 Å². The molecular weight excluding hydrogens is 208 g/mol. The maximum absolute atomic E-state index is 6.35. The van der Waals surface area contributed by atoms with E-state index in [1.54, 1.807) is 0 Å². The fraction of sp³-hybridized carbons (Fsp3) is 1.00. The fourth-order valence-corrected chi connectivity index (χ4v) is 3.87. The van der Waals surface area contributed by atoms with Crippen LogP contribution in [0.2, 0.25) is 0 Å². The van der Waals surface area contributed by atoms with Crippen molar-refractivity contribution in [3.63, 3.8) is 0 Å². The van der Waals surface area contributed by atoms with Gasteiger partial charge in [0.2, 0.25) is 0 Å². The van der Waals surface area contributed by atoms with E-state index in [0.717, 1.165) is 5.92 Å². The molecule has 0 aromatic carbocycles. The molecule has 100 valence electrons. The van der Waals surface area contributed by atoms with Crippen LogP contribution in [-0.4, -0.2) is 30.1 Å². The molecule has 0 amide bonds. The number of nitrogens with two attached hydrogens (primary N) is 1. The summed E-state index contributed by atoms with van der Waals surface area (Å²) in [6.45, 7) is 9.69. The molecule has 0 aromatic heterocycles. The standard InChI is InChI=1S/C15H30N2/c1-4-15(5-2)8-9-17(11-15)14-10-12(3)6-7-13(14)16/h12-14H,4-11,16H2,1-3H3. The van der Waals surface area contributed by atoms with Crippen LogP contribution in [0.15, 0.2) is 0 Å². The molecule has 2 heteroatoms. The number of likely N-dealkylation sites (tertiary alicyclic amines) is 1. The van der Waals surface area contributed by atoms with Crippen LogP contribution in [0.4, 0.5) is 0 Å². The monoisotopic (exact) mass is 238 g/mol. The van der Waals surface area contributed by atoms with Gasteiger partial charge in [0, 0.05) is 18.6 Å². The average Bonchev–Trinajstić information content (AvgIpc) is 2.77. The molecule has 2 N–H and O–H groups in total. The SMILES string of the molecule is CCC1(CC)CCN(C2CC(C)CCC2N)C1. The van der Waals surface area contributed by atoms with Gasteiger partial charge in [0.1, 0.15) is 0 Å². The first-order chi connectivity index (χ1) is 8.10. The van der Waals surface area contributed by atoms with Crippen LogP contribution in [0, 0.1) is 11.3 Å². The molecule has 1 heterocycles. The second kappa shape index (κ2) is 5.27. The van der Waals surface area contributed by atoms with Gasteiger partial charge in [-0.1, -0.05) is 20.8 Å². The van der Waals surface area contributed by atoms with Gasteiger partial charge in [-0.2, -0.15) is 0 Å². The van der Waals surface area contributed by atoms with Gasteiger partial charge in [-0.25, -0.2) is 0 Å². The zero-order chi connectivity index (χ0) is 12.5.